The monoisotopic (exact) mass is 387 g/mol. The van der Waals surface area contributed by atoms with Gasteiger partial charge in [0.1, 0.15) is 6.61 Å². The van der Waals surface area contributed by atoms with Crippen LogP contribution in [0.15, 0.2) is 36.4 Å². The molecule has 0 spiro atoms. The number of nitrogens with zero attached hydrogens (tertiary/aromatic N) is 1. The van der Waals surface area contributed by atoms with Crippen LogP contribution in [0.5, 0.6) is 0 Å². The van der Waals surface area contributed by atoms with E-state index in [2.05, 4.69) is 0 Å². The van der Waals surface area contributed by atoms with E-state index >= 15 is 0 Å². The van der Waals surface area contributed by atoms with Gasteiger partial charge in [-0.15, -0.1) is 0 Å². The Kier molecular flexibility index (Phi) is 6.37. The summed E-state index contributed by atoms with van der Waals surface area (Å²) >= 11 is 17.7. The summed E-state index contributed by atoms with van der Waals surface area (Å²) in [6, 6.07) is 9.52. The van der Waals surface area contributed by atoms with E-state index in [1.54, 1.807) is 24.3 Å². The fourth-order valence-corrected chi connectivity index (χ4v) is 2.66. The number of amides is 1. The van der Waals surface area contributed by atoms with Gasteiger partial charge < -0.3 is 14.8 Å². The largest absolute Gasteiger partial charge is 0.490 e. The van der Waals surface area contributed by atoms with Gasteiger partial charge in [0, 0.05) is 22.6 Å². The minimum atomic E-state index is -1.79. The zero-order chi connectivity index (χ0) is 17.9. The van der Waals surface area contributed by atoms with Gasteiger partial charge in [-0.05, 0) is 29.8 Å². The van der Waals surface area contributed by atoms with Crippen molar-refractivity contribution in [3.05, 3.63) is 57.0 Å². The zero-order valence-electron chi connectivity index (χ0n) is 12.5. The van der Waals surface area contributed by atoms with Crippen molar-refractivity contribution in [3.63, 3.8) is 0 Å². The molecule has 5 nitrogen and oxygen atoms in total. The number of anilines is 1. The summed E-state index contributed by atoms with van der Waals surface area (Å²) in [7, 11) is -0.334. The van der Waals surface area contributed by atoms with Crippen LogP contribution in [0, 0.1) is 0 Å². The minimum Gasteiger partial charge on any atom is -0.444 e. The molecule has 0 aliphatic rings. The van der Waals surface area contributed by atoms with Crippen LogP contribution >= 0.6 is 34.8 Å². The van der Waals surface area contributed by atoms with Crippen molar-refractivity contribution in [2.24, 2.45) is 0 Å². The van der Waals surface area contributed by atoms with Gasteiger partial charge in [0.05, 0.1) is 10.7 Å². The smallest absolute Gasteiger partial charge is 0.444 e. The summed E-state index contributed by atoms with van der Waals surface area (Å²) in [5, 5.41) is 19.4. The first-order chi connectivity index (χ1) is 11.3. The maximum Gasteiger partial charge on any atom is 0.490 e. The molecule has 0 saturated heterocycles. The highest BCUT2D eigenvalue weighted by molar-refractivity contribution is 6.63. The van der Waals surface area contributed by atoms with Crippen molar-refractivity contribution in [3.8, 4) is 0 Å². The summed E-state index contributed by atoms with van der Waals surface area (Å²) < 4.78 is 5.20. The molecule has 24 heavy (non-hydrogen) atoms. The van der Waals surface area contributed by atoms with E-state index in [0.717, 1.165) is 10.5 Å². The molecular weight excluding hydrogens is 375 g/mol. The Morgan fingerprint density at radius 2 is 1.75 bits per heavy atom. The maximum absolute atomic E-state index is 12.2. The van der Waals surface area contributed by atoms with E-state index in [-0.39, 0.29) is 27.8 Å². The summed E-state index contributed by atoms with van der Waals surface area (Å²) in [5.41, 5.74) is 1.05. The van der Waals surface area contributed by atoms with E-state index < -0.39 is 13.2 Å². The molecule has 0 atom stereocenters. The Bertz CT molecular complexity index is 740. The number of carbonyl (C=O) groups excluding carboxylic acids is 1. The molecule has 0 aliphatic heterocycles. The summed E-state index contributed by atoms with van der Waals surface area (Å²) in [6.07, 6.45) is -0.660. The van der Waals surface area contributed by atoms with Crippen LogP contribution in [0.4, 0.5) is 10.5 Å². The van der Waals surface area contributed by atoms with Crippen LogP contribution in [-0.2, 0) is 11.3 Å². The summed E-state index contributed by atoms with van der Waals surface area (Å²) in [4.78, 5) is 13.3. The molecule has 2 N–H and O–H groups in total. The third kappa shape index (κ3) is 4.56. The Labute approximate surface area is 154 Å². The standard InChI is InChI=1S/C15H13BCl3NO4/c1-20(14-6-11(16(22)23)12(18)7-13(14)19)15(21)24-8-9-2-4-10(17)5-3-9/h2-7,22-23H,8H2,1H3. The minimum absolute atomic E-state index is 0.0356. The lowest BCUT2D eigenvalue weighted by atomic mass is 9.80. The SMILES string of the molecule is CN(C(=O)OCc1ccc(Cl)cc1)c1cc(B(O)O)c(Cl)cc1Cl. The molecule has 2 aromatic rings. The fraction of sp³-hybridized carbons (Fsp3) is 0.133. The molecule has 9 heteroatoms. The molecule has 0 unspecified atom stereocenters. The second-order valence-corrected chi connectivity index (χ2v) is 6.19. The fourth-order valence-electron chi connectivity index (χ4n) is 1.93. The van der Waals surface area contributed by atoms with Crippen molar-refractivity contribution in [1.29, 1.82) is 0 Å². The lowest BCUT2D eigenvalue weighted by Crippen LogP contribution is -2.33. The number of hydrogen-bond donors (Lipinski definition) is 2. The predicted octanol–water partition coefficient (Wildman–Crippen LogP) is 3.10. The van der Waals surface area contributed by atoms with Gasteiger partial charge in [-0.2, -0.15) is 0 Å². The highest BCUT2D eigenvalue weighted by Crippen LogP contribution is 2.27. The maximum atomic E-state index is 12.2. The van der Waals surface area contributed by atoms with Crippen molar-refractivity contribution < 1.29 is 19.6 Å². The first-order valence-electron chi connectivity index (χ1n) is 6.79. The highest BCUT2D eigenvalue weighted by Gasteiger charge is 2.22. The number of carbonyl (C=O) groups is 1. The lowest BCUT2D eigenvalue weighted by Gasteiger charge is -2.20. The summed E-state index contributed by atoms with van der Waals surface area (Å²) in [6.45, 7) is 0.0566. The van der Waals surface area contributed by atoms with Gasteiger partial charge in [0.25, 0.3) is 0 Å². The molecule has 0 aliphatic carbocycles. The summed E-state index contributed by atoms with van der Waals surface area (Å²) in [5.74, 6) is 0. The van der Waals surface area contributed by atoms with E-state index in [9.17, 15) is 14.8 Å². The van der Waals surface area contributed by atoms with Crippen LogP contribution in [-0.4, -0.2) is 30.3 Å². The molecule has 2 rings (SSSR count). The molecule has 1 amide bonds. The number of hydrogen-bond acceptors (Lipinski definition) is 4. The van der Waals surface area contributed by atoms with Crippen molar-refractivity contribution in [1.82, 2.24) is 0 Å². The average Bonchev–Trinajstić information content (AvgIpc) is 2.53. The van der Waals surface area contributed by atoms with Gasteiger partial charge in [0.15, 0.2) is 0 Å². The van der Waals surface area contributed by atoms with Crippen molar-refractivity contribution in [2.45, 2.75) is 6.61 Å². The predicted molar refractivity (Wildman–Crippen MR) is 96.3 cm³/mol. The van der Waals surface area contributed by atoms with Crippen LogP contribution in [0.1, 0.15) is 5.56 Å². The Hall–Kier alpha value is -1.44. The molecule has 0 saturated carbocycles. The molecule has 0 radical (unpaired) electrons. The normalized spacial score (nSPS) is 10.4. The Balaban J connectivity index is 2.12. The molecule has 0 bridgehead atoms. The van der Waals surface area contributed by atoms with Gasteiger partial charge >= 0.3 is 13.2 Å². The van der Waals surface area contributed by atoms with E-state index in [4.69, 9.17) is 39.5 Å². The van der Waals surface area contributed by atoms with Gasteiger partial charge in [0.2, 0.25) is 0 Å². The van der Waals surface area contributed by atoms with E-state index in [1.807, 2.05) is 0 Å². The number of rotatable bonds is 4. The molecule has 0 heterocycles. The molecular formula is C15H13BCl3NO4. The van der Waals surface area contributed by atoms with Crippen LogP contribution < -0.4 is 10.4 Å². The zero-order valence-corrected chi connectivity index (χ0v) is 14.8. The highest BCUT2D eigenvalue weighted by atomic mass is 35.5. The quantitative estimate of drug-likeness (QED) is 0.790. The van der Waals surface area contributed by atoms with Crippen molar-refractivity contribution >= 4 is 59.2 Å². The Morgan fingerprint density at radius 3 is 2.33 bits per heavy atom. The first-order valence-corrected chi connectivity index (χ1v) is 7.93. The molecule has 2 aromatic carbocycles. The number of benzene rings is 2. The lowest BCUT2D eigenvalue weighted by molar-refractivity contribution is 0.148. The van der Waals surface area contributed by atoms with Crippen LogP contribution in [0.25, 0.3) is 0 Å². The third-order valence-electron chi connectivity index (χ3n) is 3.26. The second-order valence-electron chi connectivity index (χ2n) is 4.94. The number of ether oxygens (including phenoxy) is 1. The topological polar surface area (TPSA) is 70.0 Å². The average molecular weight is 388 g/mol. The molecule has 0 aromatic heterocycles. The molecule has 126 valence electrons. The van der Waals surface area contributed by atoms with Gasteiger partial charge in [-0.25, -0.2) is 4.79 Å². The van der Waals surface area contributed by atoms with Crippen molar-refractivity contribution in [2.75, 3.05) is 11.9 Å². The first kappa shape index (κ1) is 18.9. The van der Waals surface area contributed by atoms with Crippen LogP contribution in [0.2, 0.25) is 15.1 Å². The second kappa shape index (κ2) is 8.10. The van der Waals surface area contributed by atoms with Crippen LogP contribution in [0.3, 0.4) is 0 Å². The molecule has 0 fully saturated rings. The Morgan fingerprint density at radius 1 is 1.12 bits per heavy atom. The van der Waals surface area contributed by atoms with Gasteiger partial charge in [-0.3, -0.25) is 4.90 Å². The van der Waals surface area contributed by atoms with E-state index in [0.29, 0.717) is 5.02 Å². The van der Waals surface area contributed by atoms with E-state index in [1.165, 1.54) is 19.2 Å². The van der Waals surface area contributed by atoms with Gasteiger partial charge in [-0.1, -0.05) is 46.9 Å². The third-order valence-corrected chi connectivity index (χ3v) is 4.14. The number of halogens is 3.